The molecule has 2 rings (SSSR count). The monoisotopic (exact) mass is 280 g/mol. The van der Waals surface area contributed by atoms with Gasteiger partial charge in [-0.15, -0.1) is 0 Å². The van der Waals surface area contributed by atoms with Gasteiger partial charge < -0.3 is 15.7 Å². The van der Waals surface area contributed by atoms with E-state index < -0.39 is 12.0 Å². The highest BCUT2D eigenvalue weighted by Gasteiger charge is 2.32. The number of carboxylic acids is 1. The van der Waals surface area contributed by atoms with Crippen LogP contribution in [0.1, 0.15) is 15.9 Å². The van der Waals surface area contributed by atoms with E-state index in [0.717, 1.165) is 11.3 Å². The Kier molecular flexibility index (Phi) is 3.99. The third kappa shape index (κ3) is 2.84. The fourth-order valence-corrected chi connectivity index (χ4v) is 3.03. The van der Waals surface area contributed by atoms with Gasteiger partial charge in [0, 0.05) is 29.3 Å². The first-order chi connectivity index (χ1) is 9.00. The highest BCUT2D eigenvalue weighted by atomic mass is 32.2. The predicted molar refractivity (Wildman–Crippen MR) is 75.4 cm³/mol. The first kappa shape index (κ1) is 13.7. The van der Waals surface area contributed by atoms with Gasteiger partial charge in [-0.05, 0) is 24.6 Å². The van der Waals surface area contributed by atoms with Crippen molar-refractivity contribution < 1.29 is 14.7 Å². The molecule has 3 N–H and O–H groups in total. The molecule has 1 aromatic rings. The van der Waals surface area contributed by atoms with Crippen LogP contribution in [-0.2, 0) is 4.79 Å². The third-order valence-corrected chi connectivity index (χ3v) is 4.22. The van der Waals surface area contributed by atoms with Crippen LogP contribution < -0.4 is 5.73 Å². The minimum atomic E-state index is -0.958. The highest BCUT2D eigenvalue weighted by molar-refractivity contribution is 7.99. The summed E-state index contributed by atoms with van der Waals surface area (Å²) >= 11 is 1.55. The first-order valence-corrected chi connectivity index (χ1v) is 7.14. The zero-order chi connectivity index (χ0) is 14.0. The number of hydrogen-bond acceptors (Lipinski definition) is 4. The van der Waals surface area contributed by atoms with Gasteiger partial charge in [0.25, 0.3) is 5.91 Å². The van der Waals surface area contributed by atoms with Crippen LogP contribution in [0.15, 0.2) is 18.2 Å². The standard InChI is InChI=1S/C13H16N2O3S/c1-8-2-3-9(6-10(8)14)12(16)15-4-5-19-7-11(15)13(17)18/h2-3,6,11H,4-5,7,14H2,1H3,(H,17,18). The Balaban J connectivity index is 2.26. The summed E-state index contributed by atoms with van der Waals surface area (Å²) in [5, 5.41) is 9.17. The van der Waals surface area contributed by atoms with Crippen LogP contribution in [0.4, 0.5) is 5.69 Å². The third-order valence-electron chi connectivity index (χ3n) is 3.20. The smallest absolute Gasteiger partial charge is 0.327 e. The van der Waals surface area contributed by atoms with Crippen molar-refractivity contribution in [1.29, 1.82) is 0 Å². The van der Waals surface area contributed by atoms with E-state index in [4.69, 9.17) is 5.73 Å². The summed E-state index contributed by atoms with van der Waals surface area (Å²) in [6, 6.07) is 4.32. The van der Waals surface area contributed by atoms with E-state index in [1.165, 1.54) is 4.90 Å². The summed E-state index contributed by atoms with van der Waals surface area (Å²) in [5.74, 6) is -0.0285. The van der Waals surface area contributed by atoms with Gasteiger partial charge in [0.1, 0.15) is 6.04 Å². The van der Waals surface area contributed by atoms with E-state index in [-0.39, 0.29) is 5.91 Å². The summed E-state index contributed by atoms with van der Waals surface area (Å²) in [6.07, 6.45) is 0. The molecule has 0 spiro atoms. The normalized spacial score (nSPS) is 19.2. The molecule has 0 aliphatic carbocycles. The summed E-state index contributed by atoms with van der Waals surface area (Å²) in [5.41, 5.74) is 7.69. The molecule has 0 saturated carbocycles. The number of aliphatic carboxylic acids is 1. The number of rotatable bonds is 2. The van der Waals surface area contributed by atoms with Crippen LogP contribution in [0.2, 0.25) is 0 Å². The molecule has 0 aromatic heterocycles. The molecule has 1 aromatic carbocycles. The van der Waals surface area contributed by atoms with E-state index >= 15 is 0 Å². The van der Waals surface area contributed by atoms with E-state index in [0.29, 0.717) is 23.5 Å². The molecule has 1 unspecified atom stereocenters. The second-order valence-corrected chi connectivity index (χ2v) is 5.65. The number of aryl methyl sites for hydroxylation is 1. The predicted octanol–water partition coefficient (Wildman–Crippen LogP) is 1.22. The molecule has 6 heteroatoms. The number of nitrogens with two attached hydrogens (primary N) is 1. The maximum absolute atomic E-state index is 12.4. The lowest BCUT2D eigenvalue weighted by Crippen LogP contribution is -2.50. The molecule has 1 aliphatic rings. The van der Waals surface area contributed by atoms with Crippen LogP contribution >= 0.6 is 11.8 Å². The molecule has 1 saturated heterocycles. The minimum Gasteiger partial charge on any atom is -0.480 e. The van der Waals surface area contributed by atoms with Crippen molar-refractivity contribution in [3.05, 3.63) is 29.3 Å². The van der Waals surface area contributed by atoms with Gasteiger partial charge in [-0.2, -0.15) is 11.8 Å². The average Bonchev–Trinajstić information content (AvgIpc) is 2.41. The van der Waals surface area contributed by atoms with Crippen LogP contribution in [0.3, 0.4) is 0 Å². The van der Waals surface area contributed by atoms with E-state index in [2.05, 4.69) is 0 Å². The van der Waals surface area contributed by atoms with Gasteiger partial charge in [0.2, 0.25) is 0 Å². The largest absolute Gasteiger partial charge is 0.480 e. The van der Waals surface area contributed by atoms with Crippen molar-refractivity contribution in [2.45, 2.75) is 13.0 Å². The Morgan fingerprint density at radius 3 is 2.84 bits per heavy atom. The van der Waals surface area contributed by atoms with Gasteiger partial charge in [-0.25, -0.2) is 4.79 Å². The number of nitrogens with zero attached hydrogens (tertiary/aromatic N) is 1. The molecule has 1 fully saturated rings. The van der Waals surface area contributed by atoms with E-state index in [1.807, 2.05) is 6.92 Å². The number of hydrogen-bond donors (Lipinski definition) is 2. The fourth-order valence-electron chi connectivity index (χ4n) is 1.99. The second-order valence-electron chi connectivity index (χ2n) is 4.50. The Hall–Kier alpha value is -1.69. The van der Waals surface area contributed by atoms with Gasteiger partial charge in [0.05, 0.1) is 0 Å². The number of nitrogen functional groups attached to an aromatic ring is 1. The SMILES string of the molecule is Cc1ccc(C(=O)N2CCSCC2C(=O)O)cc1N. The molecule has 1 aliphatic heterocycles. The number of carbonyl (C=O) groups is 2. The summed E-state index contributed by atoms with van der Waals surface area (Å²) < 4.78 is 0. The van der Waals surface area contributed by atoms with Gasteiger partial charge in [0.15, 0.2) is 0 Å². The van der Waals surface area contributed by atoms with Crippen LogP contribution in [-0.4, -0.2) is 46.0 Å². The topological polar surface area (TPSA) is 83.6 Å². The molecule has 5 nitrogen and oxygen atoms in total. The fraction of sp³-hybridized carbons (Fsp3) is 0.385. The lowest BCUT2D eigenvalue weighted by Gasteiger charge is -2.32. The molecular weight excluding hydrogens is 264 g/mol. The first-order valence-electron chi connectivity index (χ1n) is 5.98. The van der Waals surface area contributed by atoms with E-state index in [9.17, 15) is 14.7 Å². The van der Waals surface area contributed by atoms with Crippen molar-refractivity contribution >= 4 is 29.3 Å². The molecule has 19 heavy (non-hydrogen) atoms. The van der Waals surface area contributed by atoms with Gasteiger partial charge in [-0.1, -0.05) is 6.07 Å². The molecular formula is C13H16N2O3S. The zero-order valence-electron chi connectivity index (χ0n) is 10.6. The molecule has 1 heterocycles. The second kappa shape index (κ2) is 5.52. The Labute approximate surface area is 115 Å². The van der Waals surface area contributed by atoms with Crippen molar-refractivity contribution in [1.82, 2.24) is 4.90 Å². The van der Waals surface area contributed by atoms with Crippen LogP contribution in [0.5, 0.6) is 0 Å². The van der Waals surface area contributed by atoms with Crippen molar-refractivity contribution in [2.75, 3.05) is 23.8 Å². The number of carboxylic acid groups (broad SMARTS) is 1. The minimum absolute atomic E-state index is 0.264. The summed E-state index contributed by atoms with van der Waals surface area (Å²) in [4.78, 5) is 25.0. The number of amides is 1. The van der Waals surface area contributed by atoms with Gasteiger partial charge in [-0.3, -0.25) is 4.79 Å². The summed E-state index contributed by atoms with van der Waals surface area (Å²) in [7, 11) is 0. The van der Waals surface area contributed by atoms with E-state index in [1.54, 1.807) is 30.0 Å². The Morgan fingerprint density at radius 1 is 1.47 bits per heavy atom. The zero-order valence-corrected chi connectivity index (χ0v) is 11.4. The summed E-state index contributed by atoms with van der Waals surface area (Å²) in [6.45, 7) is 2.31. The average molecular weight is 280 g/mol. The molecule has 0 bridgehead atoms. The van der Waals surface area contributed by atoms with Crippen LogP contribution in [0, 0.1) is 6.92 Å². The molecule has 0 radical (unpaired) electrons. The molecule has 1 atom stereocenters. The number of thioether (sulfide) groups is 1. The number of anilines is 1. The van der Waals surface area contributed by atoms with Crippen LogP contribution in [0.25, 0.3) is 0 Å². The molecule has 102 valence electrons. The maximum atomic E-state index is 12.4. The maximum Gasteiger partial charge on any atom is 0.327 e. The Morgan fingerprint density at radius 2 is 2.21 bits per heavy atom. The Bertz CT molecular complexity index is 519. The lowest BCUT2D eigenvalue weighted by atomic mass is 10.1. The van der Waals surface area contributed by atoms with Crippen molar-refractivity contribution in [2.24, 2.45) is 0 Å². The van der Waals surface area contributed by atoms with Crippen molar-refractivity contribution in [3.63, 3.8) is 0 Å². The van der Waals surface area contributed by atoms with Gasteiger partial charge >= 0.3 is 5.97 Å². The highest BCUT2D eigenvalue weighted by Crippen LogP contribution is 2.21. The quantitative estimate of drug-likeness (QED) is 0.796. The lowest BCUT2D eigenvalue weighted by molar-refractivity contribution is -0.141. The number of benzene rings is 1. The van der Waals surface area contributed by atoms with Crippen molar-refractivity contribution in [3.8, 4) is 0 Å². The number of carbonyl (C=O) groups excluding carboxylic acids is 1. The molecule has 1 amide bonds.